The van der Waals surface area contributed by atoms with Gasteiger partial charge in [-0.3, -0.25) is 4.79 Å². The van der Waals surface area contributed by atoms with Crippen LogP contribution in [0.2, 0.25) is 0 Å². The van der Waals surface area contributed by atoms with E-state index in [0.29, 0.717) is 35.7 Å². The fraction of sp³-hybridized carbons (Fsp3) is 0.308. The number of carbonyl (C=O) groups excluding carboxylic acids is 1. The second kappa shape index (κ2) is 3.94. The highest BCUT2D eigenvalue weighted by Crippen LogP contribution is 2.48. The lowest BCUT2D eigenvalue weighted by Gasteiger charge is -2.20. The van der Waals surface area contributed by atoms with Crippen LogP contribution in [0.1, 0.15) is 12.0 Å². The largest absolute Gasteiger partial charge is 0.492 e. The first-order chi connectivity index (χ1) is 8.76. The van der Waals surface area contributed by atoms with E-state index >= 15 is 0 Å². The summed E-state index contributed by atoms with van der Waals surface area (Å²) in [5.74, 6) is 1.39. The van der Waals surface area contributed by atoms with Crippen molar-refractivity contribution in [3.63, 3.8) is 0 Å². The number of carbonyl (C=O) groups is 1. The smallest absolute Gasteiger partial charge is 0.311 e. The molecule has 94 valence electrons. The maximum atomic E-state index is 11.4. The van der Waals surface area contributed by atoms with Gasteiger partial charge in [0.1, 0.15) is 5.75 Å². The Hall–Kier alpha value is -2.17. The molecule has 0 fully saturated rings. The lowest BCUT2D eigenvalue weighted by molar-refractivity contribution is -0.135. The summed E-state index contributed by atoms with van der Waals surface area (Å²) in [4.78, 5) is 11.4. The highest BCUT2D eigenvalue weighted by atomic mass is 16.5. The number of esters is 1. The number of methoxy groups -OCH3 is 2. The third-order valence-electron chi connectivity index (χ3n) is 3.07. The number of benzene rings is 1. The first kappa shape index (κ1) is 11.0. The minimum absolute atomic E-state index is 0.239. The van der Waals surface area contributed by atoms with Gasteiger partial charge in [0.15, 0.2) is 11.3 Å². The Balaban J connectivity index is 2.39. The number of furan rings is 1. The third-order valence-corrected chi connectivity index (χ3v) is 3.07. The van der Waals surface area contributed by atoms with Crippen molar-refractivity contribution >= 4 is 16.9 Å². The van der Waals surface area contributed by atoms with Crippen molar-refractivity contribution in [3.8, 4) is 17.2 Å². The molecule has 0 radical (unpaired) electrons. The van der Waals surface area contributed by atoms with E-state index in [1.54, 1.807) is 20.3 Å². The molecule has 2 heterocycles. The zero-order valence-corrected chi connectivity index (χ0v) is 10.1. The quantitative estimate of drug-likeness (QED) is 0.603. The van der Waals surface area contributed by atoms with Gasteiger partial charge in [-0.1, -0.05) is 0 Å². The summed E-state index contributed by atoms with van der Waals surface area (Å²) in [6.07, 6.45) is 2.46. The Morgan fingerprint density at radius 2 is 1.94 bits per heavy atom. The summed E-state index contributed by atoms with van der Waals surface area (Å²) in [6.45, 7) is 0. The van der Waals surface area contributed by atoms with Crippen LogP contribution in [0.25, 0.3) is 11.0 Å². The molecule has 5 heteroatoms. The Labute approximate surface area is 103 Å². The molecular formula is C13H12O5. The van der Waals surface area contributed by atoms with Crippen LogP contribution in [0.4, 0.5) is 0 Å². The van der Waals surface area contributed by atoms with Gasteiger partial charge in [0.25, 0.3) is 0 Å². The average molecular weight is 248 g/mol. The maximum absolute atomic E-state index is 11.4. The van der Waals surface area contributed by atoms with Crippen molar-refractivity contribution in [2.45, 2.75) is 12.8 Å². The molecule has 1 aromatic heterocycles. The van der Waals surface area contributed by atoms with Gasteiger partial charge in [-0.05, 0) is 12.5 Å². The third kappa shape index (κ3) is 1.37. The van der Waals surface area contributed by atoms with Gasteiger partial charge in [-0.2, -0.15) is 0 Å². The van der Waals surface area contributed by atoms with Crippen LogP contribution in [-0.2, 0) is 11.2 Å². The summed E-state index contributed by atoms with van der Waals surface area (Å²) in [6, 6.07) is 1.76. The monoisotopic (exact) mass is 248 g/mol. The first-order valence-corrected chi connectivity index (χ1v) is 5.61. The van der Waals surface area contributed by atoms with Crippen molar-refractivity contribution in [2.75, 3.05) is 14.2 Å². The average Bonchev–Trinajstić information content (AvgIpc) is 2.86. The molecule has 0 bridgehead atoms. The van der Waals surface area contributed by atoms with Gasteiger partial charge in [-0.25, -0.2) is 0 Å². The van der Waals surface area contributed by atoms with E-state index in [1.165, 1.54) is 6.26 Å². The Morgan fingerprint density at radius 3 is 2.67 bits per heavy atom. The second-order valence-electron chi connectivity index (χ2n) is 4.01. The topological polar surface area (TPSA) is 57.9 Å². The molecule has 1 aromatic carbocycles. The Kier molecular flexibility index (Phi) is 2.40. The minimum atomic E-state index is -0.239. The zero-order chi connectivity index (χ0) is 12.7. The van der Waals surface area contributed by atoms with Crippen LogP contribution < -0.4 is 14.2 Å². The van der Waals surface area contributed by atoms with Gasteiger partial charge < -0.3 is 18.6 Å². The van der Waals surface area contributed by atoms with Crippen LogP contribution >= 0.6 is 0 Å². The van der Waals surface area contributed by atoms with E-state index in [2.05, 4.69) is 0 Å². The Bertz CT molecular complexity index is 626. The van der Waals surface area contributed by atoms with E-state index in [9.17, 15) is 4.79 Å². The minimum Gasteiger partial charge on any atom is -0.492 e. The highest BCUT2D eigenvalue weighted by Gasteiger charge is 2.29. The Morgan fingerprint density at radius 1 is 1.17 bits per heavy atom. The molecular weight excluding hydrogens is 236 g/mol. The molecule has 0 aliphatic carbocycles. The predicted molar refractivity (Wildman–Crippen MR) is 63.3 cm³/mol. The zero-order valence-electron chi connectivity index (χ0n) is 10.1. The fourth-order valence-corrected chi connectivity index (χ4v) is 2.31. The van der Waals surface area contributed by atoms with Crippen molar-refractivity contribution < 1.29 is 23.4 Å². The molecule has 0 unspecified atom stereocenters. The molecule has 5 nitrogen and oxygen atoms in total. The lowest BCUT2D eigenvalue weighted by Crippen LogP contribution is -2.17. The molecule has 1 aliphatic heterocycles. The molecule has 1 aliphatic rings. The van der Waals surface area contributed by atoms with Crippen LogP contribution in [0, 0.1) is 0 Å². The number of ether oxygens (including phenoxy) is 3. The molecule has 0 amide bonds. The van der Waals surface area contributed by atoms with Crippen molar-refractivity contribution in [1.29, 1.82) is 0 Å². The van der Waals surface area contributed by atoms with Crippen LogP contribution in [0.5, 0.6) is 17.2 Å². The van der Waals surface area contributed by atoms with Crippen molar-refractivity contribution in [2.24, 2.45) is 0 Å². The molecule has 2 aromatic rings. The maximum Gasteiger partial charge on any atom is 0.311 e. The first-order valence-electron chi connectivity index (χ1n) is 5.61. The molecule has 18 heavy (non-hydrogen) atoms. The molecule has 0 saturated carbocycles. The second-order valence-corrected chi connectivity index (χ2v) is 4.01. The summed E-state index contributed by atoms with van der Waals surface area (Å²) < 4.78 is 21.4. The van der Waals surface area contributed by atoms with E-state index in [-0.39, 0.29) is 5.97 Å². The molecule has 0 saturated heterocycles. The van der Waals surface area contributed by atoms with Gasteiger partial charge in [-0.15, -0.1) is 0 Å². The van der Waals surface area contributed by atoms with Crippen LogP contribution in [0.15, 0.2) is 16.7 Å². The summed E-state index contributed by atoms with van der Waals surface area (Å²) in [7, 11) is 3.12. The van der Waals surface area contributed by atoms with Gasteiger partial charge in [0.05, 0.1) is 32.3 Å². The lowest BCUT2D eigenvalue weighted by atomic mass is 10.0. The van der Waals surface area contributed by atoms with Gasteiger partial charge >= 0.3 is 5.97 Å². The van der Waals surface area contributed by atoms with Crippen LogP contribution in [0.3, 0.4) is 0 Å². The van der Waals surface area contributed by atoms with E-state index in [0.717, 1.165) is 10.9 Å². The number of hydrogen-bond acceptors (Lipinski definition) is 5. The molecule has 0 N–H and O–H groups in total. The molecule has 3 rings (SSSR count). The normalized spacial score (nSPS) is 14.2. The number of fused-ring (bicyclic) bond motifs is 3. The van der Waals surface area contributed by atoms with Gasteiger partial charge in [0, 0.05) is 5.56 Å². The van der Waals surface area contributed by atoms with E-state index < -0.39 is 0 Å². The standard InChI is InChI=1S/C13H12O5/c1-15-11-7-3-4-9(14)18-10(7)8-5-6-17-12(8)13(11)16-2/h5-6H,3-4H2,1-2H3. The summed E-state index contributed by atoms with van der Waals surface area (Å²) >= 11 is 0. The number of rotatable bonds is 2. The fourth-order valence-electron chi connectivity index (χ4n) is 2.31. The molecule has 0 spiro atoms. The SMILES string of the molecule is COc1c2c(c3ccoc3c1OC)OC(=O)CC2. The van der Waals surface area contributed by atoms with E-state index in [4.69, 9.17) is 18.6 Å². The summed E-state index contributed by atoms with van der Waals surface area (Å²) in [5.41, 5.74) is 1.38. The van der Waals surface area contributed by atoms with Crippen molar-refractivity contribution in [1.82, 2.24) is 0 Å². The van der Waals surface area contributed by atoms with Crippen LogP contribution in [-0.4, -0.2) is 20.2 Å². The summed E-state index contributed by atoms with van der Waals surface area (Å²) in [5, 5.41) is 0.732. The van der Waals surface area contributed by atoms with Crippen molar-refractivity contribution in [3.05, 3.63) is 17.9 Å². The number of hydrogen-bond donors (Lipinski definition) is 0. The highest BCUT2D eigenvalue weighted by molar-refractivity contribution is 5.96. The van der Waals surface area contributed by atoms with Gasteiger partial charge in [0.2, 0.25) is 5.75 Å². The van der Waals surface area contributed by atoms with E-state index in [1.807, 2.05) is 0 Å². The molecule has 0 atom stereocenters. The predicted octanol–water partition coefficient (Wildman–Crippen LogP) is 2.30.